The predicted molar refractivity (Wildman–Crippen MR) is 75.9 cm³/mol. The van der Waals surface area contributed by atoms with E-state index in [1.165, 1.54) is 18.2 Å². The number of hydrogen-bond acceptors (Lipinski definition) is 2. The number of halogens is 3. The van der Waals surface area contributed by atoms with Crippen LogP contribution >= 0.6 is 0 Å². The third kappa shape index (κ3) is 6.42. The first-order chi connectivity index (χ1) is 9.95. The van der Waals surface area contributed by atoms with Crippen molar-refractivity contribution in [2.45, 2.75) is 45.2 Å². The molecular formula is C15H19F3N2O. The number of alkyl halides is 3. The molecule has 0 bridgehead atoms. The van der Waals surface area contributed by atoms with Crippen molar-refractivity contribution in [2.24, 2.45) is 5.10 Å². The number of carbonyl (C=O) groups excluding carboxylic acids is 1. The third-order valence-corrected chi connectivity index (χ3v) is 2.92. The zero-order valence-electron chi connectivity index (χ0n) is 11.9. The lowest BCUT2D eigenvalue weighted by Gasteiger charge is -2.09. The Morgan fingerprint density at radius 3 is 2.62 bits per heavy atom. The fourth-order valence-corrected chi connectivity index (χ4v) is 1.81. The highest BCUT2D eigenvalue weighted by Crippen LogP contribution is 2.30. The van der Waals surface area contributed by atoms with Crippen LogP contribution in [-0.2, 0) is 11.0 Å². The summed E-state index contributed by atoms with van der Waals surface area (Å²) in [5.41, 5.74) is 1.40. The summed E-state index contributed by atoms with van der Waals surface area (Å²) in [6, 6.07) is 5.09. The minimum atomic E-state index is -4.44. The Kier molecular flexibility index (Phi) is 6.91. The molecule has 0 saturated heterocycles. The molecule has 116 valence electrons. The molecule has 0 aliphatic heterocycles. The van der Waals surface area contributed by atoms with Crippen LogP contribution in [0.15, 0.2) is 29.4 Å². The quantitative estimate of drug-likeness (QED) is 0.459. The van der Waals surface area contributed by atoms with Crippen LogP contribution in [-0.4, -0.2) is 12.1 Å². The molecule has 21 heavy (non-hydrogen) atoms. The largest absolute Gasteiger partial charge is 0.417 e. The molecule has 6 heteroatoms. The van der Waals surface area contributed by atoms with E-state index in [-0.39, 0.29) is 11.5 Å². The molecule has 1 rings (SSSR count). The number of amides is 1. The van der Waals surface area contributed by atoms with Crippen LogP contribution < -0.4 is 5.43 Å². The first-order valence-electron chi connectivity index (χ1n) is 6.93. The van der Waals surface area contributed by atoms with Gasteiger partial charge in [0.2, 0.25) is 5.91 Å². The lowest BCUT2D eigenvalue weighted by Crippen LogP contribution is -2.17. The van der Waals surface area contributed by atoms with Crippen molar-refractivity contribution < 1.29 is 18.0 Å². The van der Waals surface area contributed by atoms with Gasteiger partial charge in [0.15, 0.2) is 0 Å². The second-order valence-electron chi connectivity index (χ2n) is 4.69. The molecule has 1 amide bonds. The molecule has 3 nitrogen and oxygen atoms in total. The van der Waals surface area contributed by atoms with E-state index >= 15 is 0 Å². The Morgan fingerprint density at radius 2 is 1.95 bits per heavy atom. The summed E-state index contributed by atoms with van der Waals surface area (Å²) in [6.45, 7) is 2.07. The smallest absolute Gasteiger partial charge is 0.273 e. The highest BCUT2D eigenvalue weighted by Gasteiger charge is 2.32. The van der Waals surface area contributed by atoms with Gasteiger partial charge in [-0.05, 0) is 12.5 Å². The summed E-state index contributed by atoms with van der Waals surface area (Å²) in [7, 11) is 0. The topological polar surface area (TPSA) is 41.5 Å². The Morgan fingerprint density at radius 1 is 1.24 bits per heavy atom. The monoisotopic (exact) mass is 300 g/mol. The van der Waals surface area contributed by atoms with Gasteiger partial charge in [-0.15, -0.1) is 0 Å². The highest BCUT2D eigenvalue weighted by molar-refractivity contribution is 5.84. The van der Waals surface area contributed by atoms with Crippen LogP contribution in [0.4, 0.5) is 13.2 Å². The molecule has 1 aromatic rings. The Labute approximate surface area is 122 Å². The minimum absolute atomic E-state index is 0.0729. The van der Waals surface area contributed by atoms with Crippen molar-refractivity contribution in [1.82, 2.24) is 5.43 Å². The number of rotatable bonds is 7. The van der Waals surface area contributed by atoms with Crippen LogP contribution in [0.3, 0.4) is 0 Å². The molecule has 0 radical (unpaired) electrons. The van der Waals surface area contributed by atoms with Crippen LogP contribution in [0.5, 0.6) is 0 Å². The van der Waals surface area contributed by atoms with Crippen molar-refractivity contribution in [1.29, 1.82) is 0 Å². The van der Waals surface area contributed by atoms with Gasteiger partial charge in [-0.1, -0.05) is 44.4 Å². The lowest BCUT2D eigenvalue weighted by molar-refractivity contribution is -0.137. The molecule has 0 unspecified atom stereocenters. The maximum Gasteiger partial charge on any atom is 0.417 e. The van der Waals surface area contributed by atoms with Crippen molar-refractivity contribution in [3.63, 3.8) is 0 Å². The van der Waals surface area contributed by atoms with E-state index in [0.29, 0.717) is 6.42 Å². The molecule has 0 fully saturated rings. The second-order valence-corrected chi connectivity index (χ2v) is 4.69. The van der Waals surface area contributed by atoms with Gasteiger partial charge in [-0.3, -0.25) is 4.79 Å². The minimum Gasteiger partial charge on any atom is -0.273 e. The summed E-state index contributed by atoms with van der Waals surface area (Å²) in [5.74, 6) is -0.285. The average molecular weight is 300 g/mol. The van der Waals surface area contributed by atoms with E-state index in [0.717, 1.165) is 38.0 Å². The number of unbranched alkanes of at least 4 members (excludes halogenated alkanes) is 3. The number of hydrogen-bond donors (Lipinski definition) is 1. The van der Waals surface area contributed by atoms with E-state index in [2.05, 4.69) is 17.5 Å². The van der Waals surface area contributed by atoms with Crippen LogP contribution in [0.25, 0.3) is 0 Å². The van der Waals surface area contributed by atoms with Crippen molar-refractivity contribution in [3.05, 3.63) is 35.4 Å². The van der Waals surface area contributed by atoms with Gasteiger partial charge in [0, 0.05) is 12.0 Å². The SMILES string of the molecule is CCCCCCC(=O)NN=Cc1ccccc1C(F)(F)F. The van der Waals surface area contributed by atoms with Crippen LogP contribution in [0.1, 0.15) is 50.2 Å². The second kappa shape index (κ2) is 8.44. The highest BCUT2D eigenvalue weighted by atomic mass is 19.4. The molecule has 0 aliphatic rings. The molecule has 0 aromatic heterocycles. The Bertz CT molecular complexity index is 484. The summed E-state index contributed by atoms with van der Waals surface area (Å²) < 4.78 is 38.2. The van der Waals surface area contributed by atoms with Gasteiger partial charge >= 0.3 is 6.18 Å². The normalized spacial score (nSPS) is 11.8. The van der Waals surface area contributed by atoms with E-state index in [1.54, 1.807) is 0 Å². The zero-order chi connectivity index (χ0) is 15.7. The number of benzene rings is 1. The summed E-state index contributed by atoms with van der Waals surface area (Å²) >= 11 is 0. The van der Waals surface area contributed by atoms with E-state index in [1.807, 2.05) is 0 Å². The van der Waals surface area contributed by atoms with Gasteiger partial charge < -0.3 is 0 Å². The van der Waals surface area contributed by atoms with Crippen molar-refractivity contribution >= 4 is 12.1 Å². The number of nitrogens with zero attached hydrogens (tertiary/aromatic N) is 1. The molecule has 1 N–H and O–H groups in total. The molecule has 0 saturated carbocycles. The lowest BCUT2D eigenvalue weighted by atomic mass is 10.1. The standard InChI is InChI=1S/C15H19F3N2O/c1-2-3-4-5-10-14(21)20-19-11-12-8-6-7-9-13(12)15(16,17)18/h6-9,11H,2-5,10H2,1H3,(H,20,21). The fourth-order valence-electron chi connectivity index (χ4n) is 1.81. The van der Waals surface area contributed by atoms with Crippen molar-refractivity contribution in [2.75, 3.05) is 0 Å². The molecule has 0 atom stereocenters. The molecule has 0 heterocycles. The number of carbonyl (C=O) groups is 1. The summed E-state index contributed by atoms with van der Waals surface area (Å²) in [4.78, 5) is 11.4. The zero-order valence-corrected chi connectivity index (χ0v) is 11.9. The average Bonchev–Trinajstić information content (AvgIpc) is 2.43. The predicted octanol–water partition coefficient (Wildman–Crippen LogP) is 4.13. The maximum atomic E-state index is 12.7. The fraction of sp³-hybridized carbons (Fsp3) is 0.467. The molecular weight excluding hydrogens is 281 g/mol. The van der Waals surface area contributed by atoms with Gasteiger partial charge in [0.05, 0.1) is 11.8 Å². The van der Waals surface area contributed by atoms with Crippen LogP contribution in [0.2, 0.25) is 0 Å². The first kappa shape index (κ1) is 17.2. The molecule has 0 aliphatic carbocycles. The Hall–Kier alpha value is -1.85. The van der Waals surface area contributed by atoms with Gasteiger partial charge in [-0.2, -0.15) is 18.3 Å². The number of nitrogens with one attached hydrogen (secondary N) is 1. The summed E-state index contributed by atoms with van der Waals surface area (Å²) in [6.07, 6.45) is 0.778. The van der Waals surface area contributed by atoms with Gasteiger partial charge in [0.25, 0.3) is 0 Å². The molecule has 0 spiro atoms. The third-order valence-electron chi connectivity index (χ3n) is 2.92. The van der Waals surface area contributed by atoms with Crippen LogP contribution in [0, 0.1) is 0 Å². The van der Waals surface area contributed by atoms with E-state index in [9.17, 15) is 18.0 Å². The van der Waals surface area contributed by atoms with Gasteiger partial charge in [-0.25, -0.2) is 5.43 Å². The molecule has 1 aromatic carbocycles. The van der Waals surface area contributed by atoms with E-state index < -0.39 is 11.7 Å². The summed E-state index contributed by atoms with van der Waals surface area (Å²) in [5, 5.41) is 3.59. The Balaban J connectivity index is 2.52. The number of hydrazone groups is 1. The van der Waals surface area contributed by atoms with E-state index in [4.69, 9.17) is 0 Å². The van der Waals surface area contributed by atoms with Crippen molar-refractivity contribution in [3.8, 4) is 0 Å². The maximum absolute atomic E-state index is 12.7. The first-order valence-corrected chi connectivity index (χ1v) is 6.93. The van der Waals surface area contributed by atoms with Gasteiger partial charge in [0.1, 0.15) is 0 Å².